The van der Waals surface area contributed by atoms with Gasteiger partial charge < -0.3 is 15.4 Å². The lowest BCUT2D eigenvalue weighted by atomic mass is 10.3. The molecule has 0 radical (unpaired) electrons. The van der Waals surface area contributed by atoms with E-state index in [1.807, 2.05) is 19.0 Å². The van der Waals surface area contributed by atoms with Gasteiger partial charge in [0.05, 0.1) is 17.7 Å². The third-order valence-corrected chi connectivity index (χ3v) is 3.82. The smallest absolute Gasteiger partial charge is 0.240 e. The Labute approximate surface area is 108 Å². The van der Waals surface area contributed by atoms with Crippen LogP contribution in [-0.4, -0.2) is 47.6 Å². The number of nitrogens with zero attached hydrogens (tertiary/aromatic N) is 1. The van der Waals surface area contributed by atoms with E-state index in [0.717, 1.165) is 0 Å². The summed E-state index contributed by atoms with van der Waals surface area (Å²) in [5.41, 5.74) is 5.98. The van der Waals surface area contributed by atoms with Gasteiger partial charge in [0.15, 0.2) is 0 Å². The molecule has 1 rings (SSSR count). The summed E-state index contributed by atoms with van der Waals surface area (Å²) in [6.07, 6.45) is 0. The van der Waals surface area contributed by atoms with Crippen molar-refractivity contribution < 1.29 is 13.2 Å². The molecule has 0 aliphatic heterocycles. The zero-order valence-electron chi connectivity index (χ0n) is 10.8. The van der Waals surface area contributed by atoms with Gasteiger partial charge in [-0.2, -0.15) is 0 Å². The number of sulfonamides is 1. The summed E-state index contributed by atoms with van der Waals surface area (Å²) in [5.74, 6) is 0.460. The molecule has 0 atom stereocenters. The zero-order valence-corrected chi connectivity index (χ0v) is 11.6. The van der Waals surface area contributed by atoms with Gasteiger partial charge in [-0.15, -0.1) is 0 Å². The molecule has 0 heterocycles. The third kappa shape index (κ3) is 3.86. The monoisotopic (exact) mass is 273 g/mol. The van der Waals surface area contributed by atoms with Crippen LogP contribution in [0.25, 0.3) is 0 Å². The highest BCUT2D eigenvalue weighted by Gasteiger charge is 2.15. The summed E-state index contributed by atoms with van der Waals surface area (Å²) < 4.78 is 31.4. The number of methoxy groups -OCH3 is 1. The molecule has 102 valence electrons. The average molecular weight is 273 g/mol. The second-order valence-corrected chi connectivity index (χ2v) is 5.87. The van der Waals surface area contributed by atoms with Crippen LogP contribution < -0.4 is 15.2 Å². The van der Waals surface area contributed by atoms with Gasteiger partial charge in [0.2, 0.25) is 10.0 Å². The summed E-state index contributed by atoms with van der Waals surface area (Å²) >= 11 is 0. The molecule has 0 fully saturated rings. The van der Waals surface area contributed by atoms with Crippen LogP contribution in [-0.2, 0) is 10.0 Å². The Kier molecular flexibility index (Phi) is 4.94. The first-order valence-electron chi connectivity index (χ1n) is 5.44. The topological polar surface area (TPSA) is 84.7 Å². The number of nitrogen functional groups attached to an aromatic ring is 1. The Morgan fingerprint density at radius 3 is 2.56 bits per heavy atom. The molecule has 1 aromatic carbocycles. The number of nitrogens with one attached hydrogen (secondary N) is 1. The standard InChI is InChI=1S/C11H19N3O3S/c1-14(2)7-6-13-18(15,16)9-4-5-11(17-3)10(12)8-9/h4-5,8,13H,6-7,12H2,1-3H3. The highest BCUT2D eigenvalue weighted by molar-refractivity contribution is 7.89. The van der Waals surface area contributed by atoms with E-state index in [1.54, 1.807) is 0 Å². The first-order valence-corrected chi connectivity index (χ1v) is 6.93. The highest BCUT2D eigenvalue weighted by atomic mass is 32.2. The van der Waals surface area contributed by atoms with Crippen LogP contribution in [0, 0.1) is 0 Å². The van der Waals surface area contributed by atoms with E-state index in [0.29, 0.717) is 24.5 Å². The predicted molar refractivity (Wildman–Crippen MR) is 71.1 cm³/mol. The molecule has 0 unspecified atom stereocenters. The van der Waals surface area contributed by atoms with Gasteiger partial charge in [-0.3, -0.25) is 0 Å². The van der Waals surface area contributed by atoms with Crippen LogP contribution in [0.2, 0.25) is 0 Å². The molecule has 0 aliphatic rings. The minimum Gasteiger partial charge on any atom is -0.495 e. The fraction of sp³-hybridized carbons (Fsp3) is 0.455. The van der Waals surface area contributed by atoms with Crippen molar-refractivity contribution in [1.29, 1.82) is 0 Å². The lowest BCUT2D eigenvalue weighted by Crippen LogP contribution is -2.31. The summed E-state index contributed by atoms with van der Waals surface area (Å²) in [5, 5.41) is 0. The van der Waals surface area contributed by atoms with Crippen molar-refractivity contribution >= 4 is 15.7 Å². The number of hydrogen-bond donors (Lipinski definition) is 2. The van der Waals surface area contributed by atoms with Gasteiger partial charge in [-0.1, -0.05) is 0 Å². The molecule has 0 bridgehead atoms. The lowest BCUT2D eigenvalue weighted by Gasteiger charge is -2.12. The maximum absolute atomic E-state index is 11.9. The fourth-order valence-electron chi connectivity index (χ4n) is 1.37. The van der Waals surface area contributed by atoms with Crippen LogP contribution in [0.4, 0.5) is 5.69 Å². The molecule has 0 aromatic heterocycles. The van der Waals surface area contributed by atoms with Crippen molar-refractivity contribution in [1.82, 2.24) is 9.62 Å². The Morgan fingerprint density at radius 2 is 2.06 bits per heavy atom. The quantitative estimate of drug-likeness (QED) is 0.719. The van der Waals surface area contributed by atoms with Crippen LogP contribution in [0.3, 0.4) is 0 Å². The first-order chi connectivity index (χ1) is 8.36. The molecule has 0 saturated carbocycles. The SMILES string of the molecule is COc1ccc(S(=O)(=O)NCCN(C)C)cc1N. The summed E-state index contributed by atoms with van der Waals surface area (Å²) in [6, 6.07) is 4.39. The normalized spacial score (nSPS) is 11.8. The van der Waals surface area contributed by atoms with Crippen molar-refractivity contribution in [2.24, 2.45) is 0 Å². The van der Waals surface area contributed by atoms with Crippen molar-refractivity contribution in [2.45, 2.75) is 4.90 Å². The number of hydrogen-bond acceptors (Lipinski definition) is 5. The molecule has 6 nitrogen and oxygen atoms in total. The van der Waals surface area contributed by atoms with Gasteiger partial charge in [0.25, 0.3) is 0 Å². The van der Waals surface area contributed by atoms with Crippen molar-refractivity contribution in [3.05, 3.63) is 18.2 Å². The van der Waals surface area contributed by atoms with E-state index in [-0.39, 0.29) is 4.90 Å². The van der Waals surface area contributed by atoms with E-state index in [1.165, 1.54) is 25.3 Å². The van der Waals surface area contributed by atoms with Crippen molar-refractivity contribution in [2.75, 3.05) is 40.0 Å². The van der Waals surface area contributed by atoms with Gasteiger partial charge in [0, 0.05) is 13.1 Å². The van der Waals surface area contributed by atoms with Crippen LogP contribution >= 0.6 is 0 Å². The highest BCUT2D eigenvalue weighted by Crippen LogP contribution is 2.24. The molecular formula is C11H19N3O3S. The molecule has 7 heteroatoms. The molecule has 3 N–H and O–H groups in total. The summed E-state index contributed by atoms with van der Waals surface area (Å²) in [6.45, 7) is 0.978. The number of benzene rings is 1. The van der Waals surface area contributed by atoms with Crippen LogP contribution in [0.5, 0.6) is 5.75 Å². The van der Waals surface area contributed by atoms with Crippen molar-refractivity contribution in [3.63, 3.8) is 0 Å². The molecule has 18 heavy (non-hydrogen) atoms. The van der Waals surface area contributed by atoms with Gasteiger partial charge in [0.1, 0.15) is 5.75 Å². The van der Waals surface area contributed by atoms with Gasteiger partial charge >= 0.3 is 0 Å². The Bertz CT molecular complexity index is 500. The number of nitrogens with two attached hydrogens (primary N) is 1. The van der Waals surface area contributed by atoms with E-state index >= 15 is 0 Å². The number of rotatable bonds is 6. The van der Waals surface area contributed by atoms with E-state index in [4.69, 9.17) is 10.5 Å². The van der Waals surface area contributed by atoms with Crippen LogP contribution in [0.1, 0.15) is 0 Å². The Balaban J connectivity index is 2.82. The third-order valence-electron chi connectivity index (χ3n) is 2.36. The van der Waals surface area contributed by atoms with E-state index in [9.17, 15) is 8.42 Å². The molecule has 0 amide bonds. The minimum absolute atomic E-state index is 0.138. The maximum atomic E-state index is 11.9. The fourth-order valence-corrected chi connectivity index (χ4v) is 2.42. The number of anilines is 1. The van der Waals surface area contributed by atoms with E-state index in [2.05, 4.69) is 4.72 Å². The predicted octanol–water partition coefficient (Wildman–Crippen LogP) is 0.117. The molecular weight excluding hydrogens is 254 g/mol. The number of ether oxygens (including phenoxy) is 1. The molecule has 0 spiro atoms. The maximum Gasteiger partial charge on any atom is 0.240 e. The van der Waals surface area contributed by atoms with Gasteiger partial charge in [-0.05, 0) is 32.3 Å². The largest absolute Gasteiger partial charge is 0.495 e. The van der Waals surface area contributed by atoms with Gasteiger partial charge in [-0.25, -0.2) is 13.1 Å². The second-order valence-electron chi connectivity index (χ2n) is 4.10. The summed E-state index contributed by atoms with van der Waals surface area (Å²) in [4.78, 5) is 2.03. The zero-order chi connectivity index (χ0) is 13.8. The molecule has 1 aromatic rings. The Morgan fingerprint density at radius 1 is 1.39 bits per heavy atom. The number of likely N-dealkylation sites (N-methyl/N-ethyl adjacent to an activating group) is 1. The molecule has 0 saturated heterocycles. The van der Waals surface area contributed by atoms with E-state index < -0.39 is 10.0 Å². The lowest BCUT2D eigenvalue weighted by molar-refractivity contribution is 0.412. The summed E-state index contributed by atoms with van der Waals surface area (Å²) in [7, 11) is 1.72. The molecule has 0 aliphatic carbocycles. The average Bonchev–Trinajstić information content (AvgIpc) is 2.28. The first kappa shape index (κ1) is 14.7. The Hall–Kier alpha value is -1.31. The second kappa shape index (κ2) is 6.03. The van der Waals surface area contributed by atoms with Crippen LogP contribution in [0.15, 0.2) is 23.1 Å². The van der Waals surface area contributed by atoms with Crippen molar-refractivity contribution in [3.8, 4) is 5.75 Å². The minimum atomic E-state index is -3.52.